The lowest BCUT2D eigenvalue weighted by Gasteiger charge is -2.09. The van der Waals surface area contributed by atoms with Gasteiger partial charge in [0.25, 0.3) is 0 Å². The molecule has 0 saturated carbocycles. The maximum absolute atomic E-state index is 5.85. The second kappa shape index (κ2) is 5.46. The maximum Gasteiger partial charge on any atom is 0.0436 e. The fraction of sp³-hybridized carbons (Fsp3) is 0.154. The van der Waals surface area contributed by atoms with Crippen LogP contribution in [0.4, 0.5) is 0 Å². The van der Waals surface area contributed by atoms with Gasteiger partial charge in [-0.25, -0.2) is 0 Å². The van der Waals surface area contributed by atoms with Crippen LogP contribution in [0.2, 0.25) is 5.02 Å². The highest BCUT2D eigenvalue weighted by atomic mass is 79.9. The smallest absolute Gasteiger partial charge is 0.0436 e. The summed E-state index contributed by atoms with van der Waals surface area (Å²) in [7, 11) is 0. The molecule has 1 nitrogen and oxygen atoms in total. The zero-order valence-corrected chi connectivity index (χ0v) is 10.9. The number of rotatable bonds is 3. The van der Waals surface area contributed by atoms with Crippen LogP contribution in [0.1, 0.15) is 16.0 Å². The molecule has 16 heavy (non-hydrogen) atoms. The Kier molecular flexibility index (Phi) is 3.97. The van der Waals surface area contributed by atoms with Crippen LogP contribution in [0.3, 0.4) is 0 Å². The molecular weight excluding hydrogens is 286 g/mol. The Labute approximate surface area is 109 Å². The highest BCUT2D eigenvalue weighted by molar-refractivity contribution is 9.09. The van der Waals surface area contributed by atoms with Gasteiger partial charge in [0, 0.05) is 22.2 Å². The third-order valence-corrected chi connectivity index (χ3v) is 3.50. The number of nitrogens with zero attached hydrogens (tertiary/aromatic N) is 1. The van der Waals surface area contributed by atoms with Crippen molar-refractivity contribution in [3.05, 3.63) is 64.9 Å². The Hall–Kier alpha value is -0.860. The fourth-order valence-corrected chi connectivity index (χ4v) is 2.32. The summed E-state index contributed by atoms with van der Waals surface area (Å²) in [5.41, 5.74) is 2.51. The van der Waals surface area contributed by atoms with Crippen molar-refractivity contribution < 1.29 is 0 Å². The molecule has 0 saturated heterocycles. The van der Waals surface area contributed by atoms with Crippen LogP contribution in [-0.2, 0) is 6.42 Å². The van der Waals surface area contributed by atoms with Gasteiger partial charge >= 0.3 is 0 Å². The highest BCUT2D eigenvalue weighted by Crippen LogP contribution is 2.26. The standard InChI is InChI=1S/C13H11BrClN/c14-13(11-5-7-16-8-6-11)9-10-1-3-12(15)4-2-10/h1-8,13H,9H2. The molecule has 2 aromatic rings. The molecule has 1 atom stereocenters. The zero-order chi connectivity index (χ0) is 11.4. The molecule has 0 radical (unpaired) electrons. The van der Waals surface area contributed by atoms with Crippen molar-refractivity contribution in [1.82, 2.24) is 4.98 Å². The molecule has 1 aromatic heterocycles. The van der Waals surface area contributed by atoms with E-state index < -0.39 is 0 Å². The van der Waals surface area contributed by atoms with Crippen molar-refractivity contribution in [2.75, 3.05) is 0 Å². The third kappa shape index (κ3) is 3.06. The zero-order valence-electron chi connectivity index (χ0n) is 8.61. The van der Waals surface area contributed by atoms with Crippen LogP contribution in [0.5, 0.6) is 0 Å². The summed E-state index contributed by atoms with van der Waals surface area (Å²) in [5, 5.41) is 0.777. The summed E-state index contributed by atoms with van der Waals surface area (Å²) in [6, 6.07) is 12.0. The Morgan fingerprint density at radius 2 is 1.69 bits per heavy atom. The Morgan fingerprint density at radius 1 is 1.06 bits per heavy atom. The summed E-state index contributed by atoms with van der Waals surface area (Å²) < 4.78 is 0. The monoisotopic (exact) mass is 295 g/mol. The van der Waals surface area contributed by atoms with Crippen molar-refractivity contribution in [1.29, 1.82) is 0 Å². The first-order valence-corrected chi connectivity index (χ1v) is 6.33. The van der Waals surface area contributed by atoms with Crippen molar-refractivity contribution in [2.45, 2.75) is 11.2 Å². The van der Waals surface area contributed by atoms with Gasteiger partial charge in [0.1, 0.15) is 0 Å². The van der Waals surface area contributed by atoms with Crippen LogP contribution in [-0.4, -0.2) is 4.98 Å². The van der Waals surface area contributed by atoms with Crippen LogP contribution in [0, 0.1) is 0 Å². The SMILES string of the molecule is Clc1ccc(CC(Br)c2ccncc2)cc1. The maximum atomic E-state index is 5.85. The van der Waals surface area contributed by atoms with E-state index in [1.54, 1.807) is 0 Å². The molecule has 1 aromatic carbocycles. The average Bonchev–Trinajstić information content (AvgIpc) is 2.33. The number of halogens is 2. The van der Waals surface area contributed by atoms with Crippen LogP contribution >= 0.6 is 27.5 Å². The van der Waals surface area contributed by atoms with E-state index in [1.165, 1.54) is 11.1 Å². The lowest BCUT2D eigenvalue weighted by atomic mass is 10.1. The van der Waals surface area contributed by atoms with Crippen LogP contribution in [0.15, 0.2) is 48.8 Å². The molecule has 0 aliphatic carbocycles. The van der Waals surface area contributed by atoms with Crippen molar-refractivity contribution in [3.63, 3.8) is 0 Å². The average molecular weight is 297 g/mol. The summed E-state index contributed by atoms with van der Waals surface area (Å²) in [6.07, 6.45) is 4.57. The molecule has 0 amide bonds. The highest BCUT2D eigenvalue weighted by Gasteiger charge is 2.07. The number of hydrogen-bond donors (Lipinski definition) is 0. The minimum atomic E-state index is 0.316. The first-order valence-electron chi connectivity index (χ1n) is 5.04. The van der Waals surface area contributed by atoms with E-state index in [2.05, 4.69) is 33.0 Å². The summed E-state index contributed by atoms with van der Waals surface area (Å²) in [6.45, 7) is 0. The van der Waals surface area contributed by atoms with E-state index in [0.29, 0.717) is 4.83 Å². The molecule has 82 valence electrons. The lowest BCUT2D eigenvalue weighted by molar-refractivity contribution is 0.944. The molecule has 3 heteroatoms. The number of alkyl halides is 1. The molecule has 0 spiro atoms. The van der Waals surface area contributed by atoms with E-state index >= 15 is 0 Å². The predicted octanol–water partition coefficient (Wildman–Crippen LogP) is 4.41. The molecule has 0 N–H and O–H groups in total. The Bertz CT molecular complexity index is 441. The lowest BCUT2D eigenvalue weighted by Crippen LogP contribution is -1.95. The number of aromatic nitrogens is 1. The predicted molar refractivity (Wildman–Crippen MR) is 71.1 cm³/mol. The number of benzene rings is 1. The van der Waals surface area contributed by atoms with Crippen LogP contribution in [0.25, 0.3) is 0 Å². The molecule has 0 aliphatic heterocycles. The summed E-state index contributed by atoms with van der Waals surface area (Å²) >= 11 is 9.53. The molecule has 0 fully saturated rings. The Balaban J connectivity index is 2.08. The molecule has 0 aliphatic rings. The third-order valence-electron chi connectivity index (χ3n) is 2.40. The van der Waals surface area contributed by atoms with Gasteiger partial charge in [0.15, 0.2) is 0 Å². The number of hydrogen-bond acceptors (Lipinski definition) is 1. The first-order chi connectivity index (χ1) is 7.75. The molecule has 0 bridgehead atoms. The summed E-state index contributed by atoms with van der Waals surface area (Å²) in [4.78, 5) is 4.32. The van der Waals surface area contributed by atoms with E-state index in [-0.39, 0.29) is 0 Å². The minimum absolute atomic E-state index is 0.316. The summed E-state index contributed by atoms with van der Waals surface area (Å²) in [5.74, 6) is 0. The molecule has 1 unspecified atom stereocenters. The van der Waals surface area contributed by atoms with Gasteiger partial charge in [-0.3, -0.25) is 4.98 Å². The quantitative estimate of drug-likeness (QED) is 0.764. The van der Waals surface area contributed by atoms with Gasteiger partial charge in [0.05, 0.1) is 0 Å². The second-order valence-corrected chi connectivity index (χ2v) is 5.12. The first kappa shape index (κ1) is 11.6. The van der Waals surface area contributed by atoms with Gasteiger partial charge in [-0.1, -0.05) is 39.7 Å². The van der Waals surface area contributed by atoms with Gasteiger partial charge in [-0.15, -0.1) is 0 Å². The van der Waals surface area contributed by atoms with Crippen molar-refractivity contribution >= 4 is 27.5 Å². The molecular formula is C13H11BrClN. The van der Waals surface area contributed by atoms with Gasteiger partial charge in [-0.2, -0.15) is 0 Å². The largest absolute Gasteiger partial charge is 0.265 e. The van der Waals surface area contributed by atoms with Crippen molar-refractivity contribution in [3.8, 4) is 0 Å². The van der Waals surface area contributed by atoms with E-state index in [0.717, 1.165) is 11.4 Å². The molecule has 2 rings (SSSR count). The van der Waals surface area contributed by atoms with Crippen LogP contribution < -0.4 is 0 Å². The number of pyridine rings is 1. The van der Waals surface area contributed by atoms with Crippen molar-refractivity contribution in [2.24, 2.45) is 0 Å². The van der Waals surface area contributed by atoms with E-state index in [1.807, 2.05) is 36.7 Å². The fourth-order valence-electron chi connectivity index (χ4n) is 1.52. The van der Waals surface area contributed by atoms with Gasteiger partial charge in [-0.05, 0) is 41.8 Å². The second-order valence-electron chi connectivity index (χ2n) is 3.58. The van der Waals surface area contributed by atoms with Gasteiger partial charge in [0.2, 0.25) is 0 Å². The topological polar surface area (TPSA) is 12.9 Å². The van der Waals surface area contributed by atoms with E-state index in [4.69, 9.17) is 11.6 Å². The van der Waals surface area contributed by atoms with E-state index in [9.17, 15) is 0 Å². The Morgan fingerprint density at radius 3 is 2.31 bits per heavy atom. The molecule has 1 heterocycles. The minimum Gasteiger partial charge on any atom is -0.265 e. The normalized spacial score (nSPS) is 12.4. The van der Waals surface area contributed by atoms with Gasteiger partial charge < -0.3 is 0 Å².